The molecule has 0 bridgehead atoms. The molecule has 0 amide bonds. The Morgan fingerprint density at radius 3 is 2.77 bits per heavy atom. The quantitative estimate of drug-likeness (QED) is 0.564. The molecule has 0 aromatic heterocycles. The summed E-state index contributed by atoms with van der Waals surface area (Å²) in [5.74, 6) is 1.63. The van der Waals surface area contributed by atoms with E-state index >= 15 is 0 Å². The third-order valence-electron chi connectivity index (χ3n) is 3.51. The average Bonchev–Trinajstić information content (AvgIpc) is 2.17. The summed E-state index contributed by atoms with van der Waals surface area (Å²) in [7, 11) is 0. The predicted molar refractivity (Wildman–Crippen MR) is 57.6 cm³/mol. The van der Waals surface area contributed by atoms with E-state index in [-0.39, 0.29) is 0 Å². The van der Waals surface area contributed by atoms with Gasteiger partial charge in [0, 0.05) is 0 Å². The van der Waals surface area contributed by atoms with Crippen LogP contribution >= 0.6 is 0 Å². The van der Waals surface area contributed by atoms with Crippen LogP contribution in [0.1, 0.15) is 46.0 Å². The van der Waals surface area contributed by atoms with Crippen molar-refractivity contribution in [3.05, 3.63) is 23.3 Å². The zero-order valence-corrected chi connectivity index (χ0v) is 8.84. The van der Waals surface area contributed by atoms with Crippen molar-refractivity contribution in [1.82, 2.24) is 0 Å². The molecule has 0 fully saturated rings. The summed E-state index contributed by atoms with van der Waals surface area (Å²) >= 11 is 0. The maximum absolute atomic E-state index is 2.44. The van der Waals surface area contributed by atoms with Gasteiger partial charge in [-0.2, -0.15) is 0 Å². The van der Waals surface area contributed by atoms with Crippen LogP contribution in [-0.4, -0.2) is 0 Å². The zero-order valence-electron chi connectivity index (χ0n) is 8.84. The molecule has 0 heteroatoms. The molecule has 1 atom stereocenters. The summed E-state index contributed by atoms with van der Waals surface area (Å²) in [6.07, 6.45) is 11.8. The van der Waals surface area contributed by atoms with Crippen molar-refractivity contribution in [3.8, 4) is 0 Å². The van der Waals surface area contributed by atoms with Crippen molar-refractivity contribution in [3.63, 3.8) is 0 Å². The van der Waals surface area contributed by atoms with Gasteiger partial charge >= 0.3 is 0 Å². The van der Waals surface area contributed by atoms with Crippen LogP contribution in [0, 0.1) is 11.8 Å². The van der Waals surface area contributed by atoms with Gasteiger partial charge in [-0.15, -0.1) is 0 Å². The Hall–Kier alpha value is -0.520. The Kier molecular flexibility index (Phi) is 2.57. The summed E-state index contributed by atoms with van der Waals surface area (Å²) in [6.45, 7) is 4.67. The lowest BCUT2D eigenvalue weighted by atomic mass is 9.78. The van der Waals surface area contributed by atoms with Crippen molar-refractivity contribution < 1.29 is 0 Å². The smallest absolute Gasteiger partial charge is 0.0170 e. The molecule has 0 saturated heterocycles. The Labute approximate surface area is 81.7 Å². The monoisotopic (exact) mass is 176 g/mol. The average molecular weight is 176 g/mol. The van der Waals surface area contributed by atoms with Crippen molar-refractivity contribution in [1.29, 1.82) is 0 Å². The first-order valence-corrected chi connectivity index (χ1v) is 5.66. The van der Waals surface area contributed by atoms with E-state index in [9.17, 15) is 0 Å². The third kappa shape index (κ3) is 1.87. The van der Waals surface area contributed by atoms with Gasteiger partial charge in [-0.05, 0) is 49.5 Å². The van der Waals surface area contributed by atoms with E-state index in [2.05, 4.69) is 26.0 Å². The lowest BCUT2D eigenvalue weighted by Gasteiger charge is -2.28. The second-order valence-corrected chi connectivity index (χ2v) is 4.81. The highest BCUT2D eigenvalue weighted by Crippen LogP contribution is 2.36. The van der Waals surface area contributed by atoms with Crippen LogP contribution in [0.15, 0.2) is 23.3 Å². The molecule has 72 valence electrons. The molecular weight excluding hydrogens is 156 g/mol. The fourth-order valence-corrected chi connectivity index (χ4v) is 2.48. The number of rotatable bonds is 1. The molecule has 1 unspecified atom stereocenters. The van der Waals surface area contributed by atoms with Gasteiger partial charge in [0.05, 0.1) is 0 Å². The summed E-state index contributed by atoms with van der Waals surface area (Å²) in [5.41, 5.74) is 3.44. The van der Waals surface area contributed by atoms with Crippen molar-refractivity contribution >= 4 is 0 Å². The van der Waals surface area contributed by atoms with E-state index in [1.165, 1.54) is 32.1 Å². The summed E-state index contributed by atoms with van der Waals surface area (Å²) < 4.78 is 0. The Morgan fingerprint density at radius 2 is 2.00 bits per heavy atom. The molecule has 13 heavy (non-hydrogen) atoms. The Balaban J connectivity index is 2.11. The van der Waals surface area contributed by atoms with E-state index in [0.29, 0.717) is 0 Å². The molecule has 2 aliphatic carbocycles. The number of hydrogen-bond acceptors (Lipinski definition) is 0. The first-order valence-electron chi connectivity index (χ1n) is 5.66. The largest absolute Gasteiger partial charge is 0.0806 e. The van der Waals surface area contributed by atoms with Crippen LogP contribution < -0.4 is 0 Å². The number of allylic oxidation sites excluding steroid dienone is 4. The van der Waals surface area contributed by atoms with Gasteiger partial charge in [0.15, 0.2) is 0 Å². The minimum atomic E-state index is 0.812. The summed E-state index contributed by atoms with van der Waals surface area (Å²) in [5, 5.41) is 0. The SMILES string of the molecule is CC(C)C1C=CC2=C(CCCC2)C1. The van der Waals surface area contributed by atoms with Crippen molar-refractivity contribution in [2.24, 2.45) is 11.8 Å². The second-order valence-electron chi connectivity index (χ2n) is 4.81. The summed E-state index contributed by atoms with van der Waals surface area (Å²) in [6, 6.07) is 0. The van der Waals surface area contributed by atoms with Crippen LogP contribution in [0.3, 0.4) is 0 Å². The van der Waals surface area contributed by atoms with E-state index in [0.717, 1.165) is 11.8 Å². The van der Waals surface area contributed by atoms with Gasteiger partial charge in [-0.25, -0.2) is 0 Å². The maximum Gasteiger partial charge on any atom is -0.0170 e. The highest BCUT2D eigenvalue weighted by molar-refractivity contribution is 5.32. The Morgan fingerprint density at radius 1 is 1.23 bits per heavy atom. The van der Waals surface area contributed by atoms with Crippen LogP contribution in [0.2, 0.25) is 0 Å². The van der Waals surface area contributed by atoms with Crippen LogP contribution in [0.5, 0.6) is 0 Å². The highest BCUT2D eigenvalue weighted by atomic mass is 14.3. The van der Waals surface area contributed by atoms with E-state index in [4.69, 9.17) is 0 Å². The first kappa shape index (κ1) is 9.05. The number of hydrogen-bond donors (Lipinski definition) is 0. The second kappa shape index (κ2) is 3.69. The van der Waals surface area contributed by atoms with Crippen LogP contribution in [0.25, 0.3) is 0 Å². The standard InChI is InChI=1S/C13H20/c1-10(2)12-8-7-11-5-3-4-6-13(11)9-12/h7-8,10,12H,3-6,9H2,1-2H3. The molecule has 2 rings (SSSR count). The summed E-state index contributed by atoms with van der Waals surface area (Å²) in [4.78, 5) is 0. The van der Waals surface area contributed by atoms with E-state index in [1.54, 1.807) is 11.1 Å². The Bertz CT molecular complexity index is 243. The van der Waals surface area contributed by atoms with Gasteiger partial charge in [-0.1, -0.05) is 31.6 Å². The molecule has 0 heterocycles. The van der Waals surface area contributed by atoms with Gasteiger partial charge in [0.25, 0.3) is 0 Å². The van der Waals surface area contributed by atoms with Crippen molar-refractivity contribution in [2.75, 3.05) is 0 Å². The maximum atomic E-state index is 2.44. The molecule has 0 radical (unpaired) electrons. The molecule has 0 aromatic carbocycles. The normalized spacial score (nSPS) is 28.1. The molecular formula is C13H20. The van der Waals surface area contributed by atoms with Crippen molar-refractivity contribution in [2.45, 2.75) is 46.0 Å². The molecule has 0 nitrogen and oxygen atoms in total. The molecule has 0 spiro atoms. The molecule has 2 aliphatic rings. The topological polar surface area (TPSA) is 0 Å². The lowest BCUT2D eigenvalue weighted by Crippen LogP contribution is -2.13. The van der Waals surface area contributed by atoms with Gasteiger partial charge < -0.3 is 0 Å². The fraction of sp³-hybridized carbons (Fsp3) is 0.692. The zero-order chi connectivity index (χ0) is 9.26. The molecule has 0 aromatic rings. The van der Waals surface area contributed by atoms with E-state index < -0.39 is 0 Å². The van der Waals surface area contributed by atoms with Gasteiger partial charge in [-0.3, -0.25) is 0 Å². The minimum Gasteiger partial charge on any atom is -0.0806 e. The molecule has 0 saturated carbocycles. The first-order chi connectivity index (χ1) is 6.27. The van der Waals surface area contributed by atoms with Crippen LogP contribution in [0.4, 0.5) is 0 Å². The lowest BCUT2D eigenvalue weighted by molar-refractivity contribution is 0.442. The minimum absolute atomic E-state index is 0.812. The van der Waals surface area contributed by atoms with Gasteiger partial charge in [0.1, 0.15) is 0 Å². The molecule has 0 aliphatic heterocycles. The van der Waals surface area contributed by atoms with Crippen LogP contribution in [-0.2, 0) is 0 Å². The third-order valence-corrected chi connectivity index (χ3v) is 3.51. The predicted octanol–water partition coefficient (Wildman–Crippen LogP) is 4.09. The molecule has 0 N–H and O–H groups in total. The highest BCUT2D eigenvalue weighted by Gasteiger charge is 2.20. The fourth-order valence-electron chi connectivity index (χ4n) is 2.48. The van der Waals surface area contributed by atoms with Gasteiger partial charge in [0.2, 0.25) is 0 Å². The van der Waals surface area contributed by atoms with E-state index in [1.807, 2.05) is 0 Å².